The van der Waals surface area contributed by atoms with E-state index in [9.17, 15) is 5.11 Å². The van der Waals surface area contributed by atoms with Crippen LogP contribution in [0.5, 0.6) is 5.75 Å². The van der Waals surface area contributed by atoms with Crippen molar-refractivity contribution in [1.29, 1.82) is 0 Å². The highest BCUT2D eigenvalue weighted by Gasteiger charge is 2.03. The van der Waals surface area contributed by atoms with Gasteiger partial charge in [-0.05, 0) is 29.8 Å². The van der Waals surface area contributed by atoms with Crippen LogP contribution in [0.25, 0.3) is 10.9 Å². The van der Waals surface area contributed by atoms with Crippen molar-refractivity contribution in [3.05, 3.63) is 66.4 Å². The Labute approximate surface area is 116 Å². The maximum atomic E-state index is 9.46. The van der Waals surface area contributed by atoms with Crippen LogP contribution in [0, 0.1) is 0 Å². The molecule has 1 heterocycles. The van der Waals surface area contributed by atoms with Gasteiger partial charge in [0.15, 0.2) is 0 Å². The molecule has 0 aliphatic carbocycles. The van der Waals surface area contributed by atoms with Crippen molar-refractivity contribution >= 4 is 22.7 Å². The van der Waals surface area contributed by atoms with Crippen molar-refractivity contribution in [2.75, 3.05) is 0 Å². The summed E-state index contributed by atoms with van der Waals surface area (Å²) in [5.41, 5.74) is 2.27. The van der Waals surface area contributed by atoms with Gasteiger partial charge in [0.1, 0.15) is 5.75 Å². The molecule has 2 nitrogen and oxygen atoms in total. The lowest BCUT2D eigenvalue weighted by Gasteiger charge is -2.05. The van der Waals surface area contributed by atoms with Crippen molar-refractivity contribution in [3.8, 4) is 5.75 Å². The van der Waals surface area contributed by atoms with Gasteiger partial charge in [-0.25, -0.2) is 0 Å². The molecule has 0 saturated heterocycles. The van der Waals surface area contributed by atoms with E-state index in [1.54, 1.807) is 23.9 Å². The molecule has 0 spiro atoms. The van der Waals surface area contributed by atoms with E-state index in [1.807, 2.05) is 24.4 Å². The molecule has 3 rings (SSSR count). The third kappa shape index (κ3) is 2.71. The average molecular weight is 267 g/mol. The second kappa shape index (κ2) is 5.33. The molecule has 0 fully saturated rings. The van der Waals surface area contributed by atoms with Crippen molar-refractivity contribution in [3.63, 3.8) is 0 Å². The van der Waals surface area contributed by atoms with Crippen LogP contribution in [0.15, 0.2) is 65.7 Å². The maximum Gasteiger partial charge on any atom is 0.116 e. The van der Waals surface area contributed by atoms with E-state index in [0.717, 1.165) is 21.6 Å². The molecule has 19 heavy (non-hydrogen) atoms. The normalized spacial score (nSPS) is 10.7. The third-order valence-electron chi connectivity index (χ3n) is 2.93. The average Bonchev–Trinajstić information content (AvgIpc) is 2.45. The van der Waals surface area contributed by atoms with Crippen molar-refractivity contribution in [1.82, 2.24) is 4.98 Å². The van der Waals surface area contributed by atoms with Gasteiger partial charge in [0.2, 0.25) is 0 Å². The van der Waals surface area contributed by atoms with Crippen molar-refractivity contribution in [2.24, 2.45) is 0 Å². The molecule has 0 aliphatic heterocycles. The molecule has 0 bridgehead atoms. The highest BCUT2D eigenvalue weighted by Crippen LogP contribution is 2.28. The molecule has 0 atom stereocenters. The summed E-state index contributed by atoms with van der Waals surface area (Å²) in [4.78, 5) is 5.51. The number of aromatic hydroxyl groups is 1. The number of nitrogens with zero attached hydrogens (tertiary/aromatic N) is 1. The largest absolute Gasteiger partial charge is 0.508 e. The summed E-state index contributed by atoms with van der Waals surface area (Å²) in [5.74, 6) is 1.15. The summed E-state index contributed by atoms with van der Waals surface area (Å²) in [7, 11) is 0. The van der Waals surface area contributed by atoms with Crippen molar-refractivity contribution in [2.45, 2.75) is 10.6 Å². The van der Waals surface area contributed by atoms with Gasteiger partial charge in [0, 0.05) is 22.2 Å². The first kappa shape index (κ1) is 12.1. The minimum atomic E-state index is 0.307. The van der Waals surface area contributed by atoms with Gasteiger partial charge >= 0.3 is 0 Å². The molecular weight excluding hydrogens is 254 g/mol. The van der Waals surface area contributed by atoms with E-state index >= 15 is 0 Å². The van der Waals surface area contributed by atoms with E-state index < -0.39 is 0 Å². The molecule has 3 heteroatoms. The van der Waals surface area contributed by atoms with E-state index in [2.05, 4.69) is 29.2 Å². The van der Waals surface area contributed by atoms with Crippen LogP contribution in [-0.4, -0.2) is 10.1 Å². The second-order valence-corrected chi connectivity index (χ2v) is 5.33. The number of phenols is 1. The molecule has 1 aromatic heterocycles. The second-order valence-electron chi connectivity index (χ2n) is 4.28. The third-order valence-corrected chi connectivity index (χ3v) is 3.97. The van der Waals surface area contributed by atoms with Crippen LogP contribution < -0.4 is 0 Å². The maximum absolute atomic E-state index is 9.46. The van der Waals surface area contributed by atoms with Crippen LogP contribution in [-0.2, 0) is 5.75 Å². The predicted molar refractivity (Wildman–Crippen MR) is 79.4 cm³/mol. The molecule has 0 amide bonds. The lowest BCUT2D eigenvalue weighted by Crippen LogP contribution is -1.86. The smallest absolute Gasteiger partial charge is 0.116 e. The van der Waals surface area contributed by atoms with Crippen LogP contribution in [0.3, 0.4) is 0 Å². The van der Waals surface area contributed by atoms with Gasteiger partial charge in [0.05, 0.1) is 5.52 Å². The van der Waals surface area contributed by atoms with Gasteiger partial charge in [0.25, 0.3) is 0 Å². The van der Waals surface area contributed by atoms with Gasteiger partial charge in [-0.15, -0.1) is 11.8 Å². The summed E-state index contributed by atoms with van der Waals surface area (Å²) in [6, 6.07) is 17.6. The fourth-order valence-corrected chi connectivity index (χ4v) is 2.95. The zero-order valence-electron chi connectivity index (χ0n) is 10.3. The number of rotatable bonds is 3. The molecule has 2 aromatic carbocycles. The fourth-order valence-electron chi connectivity index (χ4n) is 2.02. The Balaban J connectivity index is 1.86. The first-order chi connectivity index (χ1) is 9.33. The molecule has 0 saturated carbocycles. The first-order valence-electron chi connectivity index (χ1n) is 6.07. The summed E-state index contributed by atoms with van der Waals surface area (Å²) >= 11 is 1.70. The number of pyridine rings is 1. The molecule has 3 aromatic rings. The molecule has 0 radical (unpaired) electrons. The Morgan fingerprint density at radius 3 is 2.74 bits per heavy atom. The van der Waals surface area contributed by atoms with E-state index in [0.29, 0.717) is 5.75 Å². The van der Waals surface area contributed by atoms with Crippen molar-refractivity contribution < 1.29 is 5.11 Å². The van der Waals surface area contributed by atoms with Gasteiger partial charge in [-0.2, -0.15) is 0 Å². The molecule has 94 valence electrons. The molecule has 0 aliphatic rings. The van der Waals surface area contributed by atoms with E-state index in [4.69, 9.17) is 0 Å². The minimum absolute atomic E-state index is 0.307. The highest BCUT2D eigenvalue weighted by atomic mass is 32.2. The topological polar surface area (TPSA) is 33.1 Å². The monoisotopic (exact) mass is 267 g/mol. The minimum Gasteiger partial charge on any atom is -0.508 e. The zero-order valence-corrected chi connectivity index (χ0v) is 11.1. The van der Waals surface area contributed by atoms with Crippen LogP contribution in [0.4, 0.5) is 0 Å². The Kier molecular flexibility index (Phi) is 3.38. The Morgan fingerprint density at radius 1 is 1.00 bits per heavy atom. The molecule has 0 unspecified atom stereocenters. The molecular formula is C16H13NOS. The first-order valence-corrected chi connectivity index (χ1v) is 7.06. The zero-order chi connectivity index (χ0) is 13.1. The predicted octanol–water partition coefficient (Wildman–Crippen LogP) is 4.23. The fraction of sp³-hybridized carbons (Fsp3) is 0.0625. The summed E-state index contributed by atoms with van der Waals surface area (Å²) in [6.45, 7) is 0. The number of benzene rings is 2. The Morgan fingerprint density at radius 2 is 1.84 bits per heavy atom. The number of hydrogen-bond acceptors (Lipinski definition) is 3. The standard InChI is InChI=1S/C16H13NOS/c18-14-7-2-8-15(10-14)19-11-13-5-1-4-12-6-3-9-17-16(12)13/h1-10,18H,11H2. The summed E-state index contributed by atoms with van der Waals surface area (Å²) in [6.07, 6.45) is 1.82. The number of aromatic nitrogens is 1. The quantitative estimate of drug-likeness (QED) is 0.721. The molecule has 1 N–H and O–H groups in total. The lowest BCUT2D eigenvalue weighted by atomic mass is 10.1. The summed E-state index contributed by atoms with van der Waals surface area (Å²) < 4.78 is 0. The lowest BCUT2D eigenvalue weighted by molar-refractivity contribution is 0.474. The SMILES string of the molecule is Oc1cccc(SCc2cccc3cccnc23)c1. The highest BCUT2D eigenvalue weighted by molar-refractivity contribution is 7.98. The van der Waals surface area contributed by atoms with Crippen LogP contribution >= 0.6 is 11.8 Å². The number of fused-ring (bicyclic) bond motifs is 1. The van der Waals surface area contributed by atoms with E-state index in [1.165, 1.54) is 5.56 Å². The number of thioether (sulfide) groups is 1. The van der Waals surface area contributed by atoms with Crippen LogP contribution in [0.1, 0.15) is 5.56 Å². The number of para-hydroxylation sites is 1. The Bertz CT molecular complexity index is 706. The summed E-state index contributed by atoms with van der Waals surface area (Å²) in [5, 5.41) is 10.6. The van der Waals surface area contributed by atoms with Gasteiger partial charge < -0.3 is 5.11 Å². The van der Waals surface area contributed by atoms with Crippen LogP contribution in [0.2, 0.25) is 0 Å². The Hall–Kier alpha value is -2.00. The van der Waals surface area contributed by atoms with E-state index in [-0.39, 0.29) is 0 Å². The van der Waals surface area contributed by atoms with Gasteiger partial charge in [-0.1, -0.05) is 30.3 Å². The number of phenolic OH excluding ortho intramolecular Hbond substituents is 1. The van der Waals surface area contributed by atoms with Gasteiger partial charge in [-0.3, -0.25) is 4.98 Å². The number of hydrogen-bond donors (Lipinski definition) is 1.